The van der Waals surface area contributed by atoms with Gasteiger partial charge in [0.05, 0.1) is 12.8 Å². The SMILES string of the molecule is COC1(c2ccccc2)C2CCCC1CN(C)C2.O=C(O)CC(O)(CC(=O)O)C(=O)O. The van der Waals surface area contributed by atoms with Crippen molar-refractivity contribution in [3.8, 4) is 0 Å². The van der Waals surface area contributed by atoms with Gasteiger partial charge in [-0.25, -0.2) is 4.79 Å². The van der Waals surface area contributed by atoms with Crippen molar-refractivity contribution in [1.82, 2.24) is 4.90 Å². The maximum Gasteiger partial charge on any atom is 0.336 e. The second kappa shape index (κ2) is 10.2. The number of hydrogen-bond donors (Lipinski definition) is 4. The summed E-state index contributed by atoms with van der Waals surface area (Å²) in [5, 5.41) is 33.8. The van der Waals surface area contributed by atoms with Gasteiger partial charge < -0.3 is 30.1 Å². The summed E-state index contributed by atoms with van der Waals surface area (Å²) in [4.78, 5) is 33.0. The number of rotatable bonds is 7. The van der Waals surface area contributed by atoms with Gasteiger partial charge in [-0.05, 0) is 25.5 Å². The van der Waals surface area contributed by atoms with Crippen molar-refractivity contribution in [3.63, 3.8) is 0 Å². The van der Waals surface area contributed by atoms with Crippen LogP contribution in [-0.4, -0.2) is 76.1 Å². The molecule has 2 atom stereocenters. The third-order valence-corrected chi connectivity index (χ3v) is 6.23. The van der Waals surface area contributed by atoms with Crippen LogP contribution < -0.4 is 0 Å². The Morgan fingerprint density at radius 1 is 1.03 bits per heavy atom. The standard InChI is InChI=1S/C16H23NO.C6H8O7/c1-17-11-14-9-6-10-15(12-17)16(14,18-2)13-7-4-3-5-8-13;7-3(8)1-6(13,5(11)12)2-4(9)10/h3-5,7-8,14-15H,6,9-12H2,1-2H3;13H,1-2H2,(H,7,8)(H,9,10)(H,11,12). The molecule has 1 aromatic carbocycles. The highest BCUT2D eigenvalue weighted by Crippen LogP contribution is 2.51. The summed E-state index contributed by atoms with van der Waals surface area (Å²) in [5.74, 6) is -3.74. The van der Waals surface area contributed by atoms with Crippen LogP contribution in [0.4, 0.5) is 0 Å². The van der Waals surface area contributed by atoms with Crippen molar-refractivity contribution in [2.75, 3.05) is 27.2 Å². The quantitative estimate of drug-likeness (QED) is 0.500. The Morgan fingerprint density at radius 2 is 1.52 bits per heavy atom. The van der Waals surface area contributed by atoms with Crippen LogP contribution in [0.15, 0.2) is 30.3 Å². The Kier molecular flexibility index (Phi) is 8.16. The first-order valence-corrected chi connectivity index (χ1v) is 10.2. The lowest BCUT2D eigenvalue weighted by Crippen LogP contribution is -2.58. The molecular weight excluding hydrogens is 406 g/mol. The van der Waals surface area contributed by atoms with E-state index in [1.807, 2.05) is 7.11 Å². The average Bonchev–Trinajstić information content (AvgIpc) is 2.67. The number of aliphatic hydroxyl groups is 1. The zero-order valence-electron chi connectivity index (χ0n) is 17.9. The second-order valence-electron chi connectivity index (χ2n) is 8.39. The summed E-state index contributed by atoms with van der Waals surface area (Å²) in [6, 6.07) is 10.9. The second-order valence-corrected chi connectivity index (χ2v) is 8.39. The maximum absolute atomic E-state index is 10.3. The van der Waals surface area contributed by atoms with Gasteiger partial charge in [0.1, 0.15) is 5.60 Å². The third-order valence-electron chi connectivity index (χ3n) is 6.23. The molecule has 0 spiro atoms. The lowest BCUT2D eigenvalue weighted by Gasteiger charge is -2.54. The lowest BCUT2D eigenvalue weighted by atomic mass is 9.62. The van der Waals surface area contributed by atoms with E-state index in [0.29, 0.717) is 11.8 Å². The molecule has 9 heteroatoms. The number of carboxylic acid groups (broad SMARTS) is 3. The smallest absolute Gasteiger partial charge is 0.336 e. The molecule has 3 rings (SSSR count). The fourth-order valence-corrected chi connectivity index (χ4v) is 4.99. The molecule has 1 aromatic rings. The highest BCUT2D eigenvalue weighted by Gasteiger charge is 2.52. The van der Waals surface area contributed by atoms with Crippen LogP contribution in [0.2, 0.25) is 0 Å². The van der Waals surface area contributed by atoms with Crippen molar-refractivity contribution in [2.24, 2.45) is 11.8 Å². The summed E-state index contributed by atoms with van der Waals surface area (Å²) in [6.45, 7) is 2.33. The zero-order chi connectivity index (χ0) is 23.2. The minimum Gasteiger partial charge on any atom is -0.481 e. The Labute approximate surface area is 181 Å². The maximum atomic E-state index is 10.3. The first-order valence-electron chi connectivity index (χ1n) is 10.2. The molecule has 2 aliphatic rings. The van der Waals surface area contributed by atoms with Gasteiger partial charge in [-0.3, -0.25) is 9.59 Å². The Morgan fingerprint density at radius 3 is 1.90 bits per heavy atom. The molecule has 9 nitrogen and oxygen atoms in total. The molecule has 0 amide bonds. The van der Waals surface area contributed by atoms with Crippen LogP contribution in [-0.2, 0) is 24.7 Å². The van der Waals surface area contributed by atoms with E-state index in [-0.39, 0.29) is 5.60 Å². The van der Waals surface area contributed by atoms with Crippen LogP contribution in [0.25, 0.3) is 0 Å². The van der Waals surface area contributed by atoms with Crippen molar-refractivity contribution in [2.45, 2.75) is 43.3 Å². The molecule has 172 valence electrons. The van der Waals surface area contributed by atoms with Crippen LogP contribution in [0.5, 0.6) is 0 Å². The van der Waals surface area contributed by atoms with E-state index in [4.69, 9.17) is 25.2 Å². The van der Waals surface area contributed by atoms with Crippen molar-refractivity contribution in [1.29, 1.82) is 0 Å². The number of carboxylic acids is 3. The molecular formula is C22H31NO8. The van der Waals surface area contributed by atoms with E-state index >= 15 is 0 Å². The topological polar surface area (TPSA) is 145 Å². The van der Waals surface area contributed by atoms with Crippen molar-refractivity contribution < 1.29 is 39.5 Å². The van der Waals surface area contributed by atoms with Crippen molar-refractivity contribution >= 4 is 17.9 Å². The first-order chi connectivity index (χ1) is 14.5. The summed E-state index contributed by atoms with van der Waals surface area (Å²) in [5.41, 5.74) is -1.39. The molecule has 0 radical (unpaired) electrons. The predicted molar refractivity (Wildman–Crippen MR) is 111 cm³/mol. The number of nitrogens with zero attached hydrogens (tertiary/aromatic N) is 1. The molecule has 4 N–H and O–H groups in total. The largest absolute Gasteiger partial charge is 0.481 e. The van der Waals surface area contributed by atoms with E-state index in [1.54, 1.807) is 0 Å². The number of aliphatic carboxylic acids is 3. The van der Waals surface area contributed by atoms with Crippen LogP contribution in [0, 0.1) is 11.8 Å². The number of methoxy groups -OCH3 is 1. The van der Waals surface area contributed by atoms with Crippen LogP contribution in [0.1, 0.15) is 37.7 Å². The fourth-order valence-electron chi connectivity index (χ4n) is 4.99. The summed E-state index contributed by atoms with van der Waals surface area (Å²) in [7, 11) is 4.15. The average molecular weight is 437 g/mol. The number of likely N-dealkylation sites (tertiary alicyclic amines) is 1. The predicted octanol–water partition coefficient (Wildman–Crippen LogP) is 1.64. The number of benzene rings is 1. The molecule has 1 saturated heterocycles. The molecule has 2 unspecified atom stereocenters. The van der Waals surface area contributed by atoms with Gasteiger partial charge in [0.2, 0.25) is 0 Å². The van der Waals surface area contributed by atoms with Crippen LogP contribution in [0.3, 0.4) is 0 Å². The van der Waals surface area contributed by atoms with E-state index < -0.39 is 36.4 Å². The summed E-state index contributed by atoms with van der Waals surface area (Å²) >= 11 is 0. The number of hydrogen-bond acceptors (Lipinski definition) is 6. The minimum absolute atomic E-state index is 0.0357. The molecule has 31 heavy (non-hydrogen) atoms. The molecule has 0 aromatic heterocycles. The first kappa shape index (κ1) is 24.8. The van der Waals surface area contributed by atoms with Crippen molar-refractivity contribution in [3.05, 3.63) is 35.9 Å². The molecule has 2 bridgehead atoms. The normalized spacial score (nSPS) is 25.8. The molecule has 1 aliphatic carbocycles. The molecule has 2 fully saturated rings. The van der Waals surface area contributed by atoms with Gasteiger partial charge in [0.25, 0.3) is 0 Å². The molecule has 1 aliphatic heterocycles. The number of ether oxygens (including phenoxy) is 1. The van der Waals surface area contributed by atoms with E-state index in [9.17, 15) is 14.4 Å². The lowest BCUT2D eigenvalue weighted by molar-refractivity contribution is -0.170. The fraction of sp³-hybridized carbons (Fsp3) is 0.591. The van der Waals surface area contributed by atoms with Gasteiger partial charge in [0.15, 0.2) is 5.60 Å². The highest BCUT2D eigenvalue weighted by molar-refractivity contribution is 5.88. The van der Waals surface area contributed by atoms with Gasteiger partial charge in [-0.1, -0.05) is 36.8 Å². The van der Waals surface area contributed by atoms with E-state index in [0.717, 1.165) is 0 Å². The monoisotopic (exact) mass is 437 g/mol. The molecule has 1 saturated carbocycles. The van der Waals surface area contributed by atoms with Gasteiger partial charge in [0, 0.05) is 32.0 Å². The third kappa shape index (κ3) is 5.61. The Balaban J connectivity index is 0.000000235. The summed E-state index contributed by atoms with van der Waals surface area (Å²) in [6.07, 6.45) is 1.66. The number of piperidine rings is 1. The number of fused-ring (bicyclic) bond motifs is 2. The summed E-state index contributed by atoms with van der Waals surface area (Å²) < 4.78 is 6.15. The van der Waals surface area contributed by atoms with Gasteiger partial charge in [-0.15, -0.1) is 0 Å². The Bertz CT molecular complexity index is 751. The number of carbonyl (C=O) groups is 3. The molecule has 1 heterocycles. The van der Waals surface area contributed by atoms with Gasteiger partial charge in [-0.2, -0.15) is 0 Å². The van der Waals surface area contributed by atoms with E-state index in [1.165, 1.54) is 37.9 Å². The zero-order valence-corrected chi connectivity index (χ0v) is 17.9. The van der Waals surface area contributed by atoms with Gasteiger partial charge >= 0.3 is 17.9 Å². The minimum atomic E-state index is -2.74. The van der Waals surface area contributed by atoms with Crippen LogP contribution >= 0.6 is 0 Å². The highest BCUT2D eigenvalue weighted by atomic mass is 16.5. The van der Waals surface area contributed by atoms with E-state index in [2.05, 4.69) is 42.3 Å². The Hall–Kier alpha value is -2.49.